The molecule has 0 unspecified atom stereocenters. The predicted molar refractivity (Wildman–Crippen MR) is 79.6 cm³/mol. The maximum Gasteiger partial charge on any atom is 0.269 e. The van der Waals surface area contributed by atoms with Gasteiger partial charge < -0.3 is 5.32 Å². The first-order valence-electron chi connectivity index (χ1n) is 6.59. The van der Waals surface area contributed by atoms with Gasteiger partial charge in [0.2, 0.25) is 5.91 Å². The molecule has 2 rings (SSSR count). The Labute approximate surface area is 125 Å². The molecule has 0 fully saturated rings. The van der Waals surface area contributed by atoms with Gasteiger partial charge in [0.15, 0.2) is 0 Å². The average molecular weight is 302 g/mol. The molecule has 1 amide bonds. The van der Waals surface area contributed by atoms with Gasteiger partial charge in [-0.1, -0.05) is 6.92 Å². The van der Waals surface area contributed by atoms with Crippen LogP contribution >= 0.6 is 0 Å². The zero-order valence-electron chi connectivity index (χ0n) is 11.9. The number of hydrogen-bond donors (Lipinski definition) is 1. The Morgan fingerprint density at radius 2 is 2.05 bits per heavy atom. The zero-order valence-corrected chi connectivity index (χ0v) is 11.9. The number of non-ortho nitro benzene ring substituents is 1. The lowest BCUT2D eigenvalue weighted by atomic mass is 10.3. The normalized spacial score (nSPS) is 10.2. The van der Waals surface area contributed by atoms with Gasteiger partial charge in [0.05, 0.1) is 11.3 Å². The van der Waals surface area contributed by atoms with Crippen molar-refractivity contribution in [1.82, 2.24) is 9.55 Å². The highest BCUT2D eigenvalue weighted by molar-refractivity contribution is 5.90. The number of aromatic nitrogens is 2. The number of carbonyl (C=O) groups is 1. The van der Waals surface area contributed by atoms with Gasteiger partial charge in [-0.25, -0.2) is 4.98 Å². The monoisotopic (exact) mass is 302 g/mol. The van der Waals surface area contributed by atoms with E-state index in [0.717, 1.165) is 0 Å². The Balaban J connectivity index is 2.04. The van der Waals surface area contributed by atoms with Crippen molar-refractivity contribution in [3.05, 3.63) is 62.8 Å². The van der Waals surface area contributed by atoms with Crippen LogP contribution in [0.15, 0.2) is 41.5 Å². The number of nitro groups is 1. The molecule has 0 saturated heterocycles. The Kier molecular flexibility index (Phi) is 4.62. The van der Waals surface area contributed by atoms with Crippen LogP contribution in [0.1, 0.15) is 12.6 Å². The van der Waals surface area contributed by atoms with E-state index in [1.807, 2.05) is 6.92 Å². The first-order valence-corrected chi connectivity index (χ1v) is 6.59. The molecule has 8 nitrogen and oxygen atoms in total. The van der Waals surface area contributed by atoms with Gasteiger partial charge in [0.1, 0.15) is 6.54 Å². The number of benzene rings is 1. The zero-order chi connectivity index (χ0) is 16.1. The van der Waals surface area contributed by atoms with Crippen LogP contribution in [-0.2, 0) is 17.8 Å². The van der Waals surface area contributed by atoms with Crippen molar-refractivity contribution in [2.24, 2.45) is 0 Å². The molecule has 22 heavy (non-hydrogen) atoms. The highest BCUT2D eigenvalue weighted by Crippen LogP contribution is 2.15. The van der Waals surface area contributed by atoms with Crippen LogP contribution in [0.2, 0.25) is 0 Å². The molecular weight excluding hydrogens is 288 g/mol. The first kappa shape index (κ1) is 15.4. The summed E-state index contributed by atoms with van der Waals surface area (Å²) in [4.78, 5) is 37.7. The molecule has 0 spiro atoms. The van der Waals surface area contributed by atoms with Crippen LogP contribution < -0.4 is 10.9 Å². The molecule has 1 aromatic heterocycles. The van der Waals surface area contributed by atoms with Crippen LogP contribution in [-0.4, -0.2) is 20.4 Å². The summed E-state index contributed by atoms with van der Waals surface area (Å²) in [5.41, 5.74) is 0.720. The molecular formula is C14H14N4O4. The molecule has 0 aliphatic heterocycles. The molecule has 1 N–H and O–H groups in total. The number of carbonyl (C=O) groups excluding carboxylic acids is 1. The number of rotatable bonds is 5. The van der Waals surface area contributed by atoms with Crippen molar-refractivity contribution in [1.29, 1.82) is 0 Å². The summed E-state index contributed by atoms with van der Waals surface area (Å²) < 4.78 is 1.19. The fraction of sp³-hybridized carbons (Fsp3) is 0.214. The Hall–Kier alpha value is -3.03. The van der Waals surface area contributed by atoms with Crippen LogP contribution in [0, 0.1) is 10.1 Å². The number of nitrogens with one attached hydrogen (secondary N) is 1. The quantitative estimate of drug-likeness (QED) is 0.662. The van der Waals surface area contributed by atoms with Crippen molar-refractivity contribution in [3.8, 4) is 0 Å². The molecule has 0 aliphatic rings. The second-order valence-corrected chi connectivity index (χ2v) is 4.55. The molecule has 1 heterocycles. The second-order valence-electron chi connectivity index (χ2n) is 4.55. The minimum absolute atomic E-state index is 0.0615. The summed E-state index contributed by atoms with van der Waals surface area (Å²) in [6.07, 6.45) is 1.97. The number of hydrogen-bond acceptors (Lipinski definition) is 5. The van der Waals surface area contributed by atoms with Crippen molar-refractivity contribution < 1.29 is 9.72 Å². The summed E-state index contributed by atoms with van der Waals surface area (Å²) in [6, 6.07) is 6.83. The van der Waals surface area contributed by atoms with E-state index in [1.54, 1.807) is 0 Å². The van der Waals surface area contributed by atoms with Gasteiger partial charge in [-0.05, 0) is 18.6 Å². The predicted octanol–water partition coefficient (Wildman–Crippen LogP) is 1.35. The second kappa shape index (κ2) is 6.61. The number of anilines is 1. The summed E-state index contributed by atoms with van der Waals surface area (Å²) in [6.45, 7) is 1.71. The van der Waals surface area contributed by atoms with Crippen LogP contribution in [0.25, 0.3) is 0 Å². The molecule has 0 radical (unpaired) electrons. The number of aryl methyl sites for hydroxylation is 1. The van der Waals surface area contributed by atoms with Crippen LogP contribution in [0.4, 0.5) is 11.4 Å². The van der Waals surface area contributed by atoms with Gasteiger partial charge in [-0.3, -0.25) is 24.3 Å². The van der Waals surface area contributed by atoms with Crippen LogP contribution in [0.3, 0.4) is 0 Å². The topological polar surface area (TPSA) is 107 Å². The van der Waals surface area contributed by atoms with Gasteiger partial charge in [-0.2, -0.15) is 0 Å². The summed E-state index contributed by atoms with van der Waals surface area (Å²) >= 11 is 0. The van der Waals surface area contributed by atoms with E-state index in [-0.39, 0.29) is 17.8 Å². The molecule has 0 atom stereocenters. The van der Waals surface area contributed by atoms with Crippen LogP contribution in [0.5, 0.6) is 0 Å². The van der Waals surface area contributed by atoms with E-state index in [9.17, 15) is 19.7 Å². The van der Waals surface area contributed by atoms with Gasteiger partial charge in [0, 0.05) is 29.6 Å². The van der Waals surface area contributed by atoms with Gasteiger partial charge in [0.25, 0.3) is 11.2 Å². The lowest BCUT2D eigenvalue weighted by Crippen LogP contribution is -2.27. The third kappa shape index (κ3) is 3.75. The number of amides is 1. The maximum atomic E-state index is 11.9. The lowest BCUT2D eigenvalue weighted by Gasteiger charge is -2.07. The smallest absolute Gasteiger partial charge is 0.269 e. The summed E-state index contributed by atoms with van der Waals surface area (Å²) in [5, 5.41) is 13.1. The first-order chi connectivity index (χ1) is 10.5. The highest BCUT2D eigenvalue weighted by atomic mass is 16.6. The molecule has 2 aromatic rings. The summed E-state index contributed by atoms with van der Waals surface area (Å²) in [7, 11) is 0. The molecule has 1 aromatic carbocycles. The fourth-order valence-electron chi connectivity index (χ4n) is 1.80. The van der Waals surface area contributed by atoms with E-state index in [1.165, 1.54) is 41.2 Å². The van der Waals surface area contributed by atoms with E-state index in [4.69, 9.17) is 0 Å². The molecule has 0 saturated carbocycles. The third-order valence-electron chi connectivity index (χ3n) is 2.97. The van der Waals surface area contributed by atoms with E-state index in [2.05, 4.69) is 10.3 Å². The van der Waals surface area contributed by atoms with E-state index in [0.29, 0.717) is 17.8 Å². The lowest BCUT2D eigenvalue weighted by molar-refractivity contribution is -0.384. The molecule has 114 valence electrons. The number of nitrogens with zero attached hydrogens (tertiary/aromatic N) is 3. The summed E-state index contributed by atoms with van der Waals surface area (Å²) in [5.74, 6) is -0.415. The Morgan fingerprint density at radius 3 is 2.59 bits per heavy atom. The van der Waals surface area contributed by atoms with Crippen molar-refractivity contribution >= 4 is 17.3 Å². The van der Waals surface area contributed by atoms with Gasteiger partial charge >= 0.3 is 0 Å². The minimum atomic E-state index is -0.522. The van der Waals surface area contributed by atoms with E-state index < -0.39 is 10.8 Å². The van der Waals surface area contributed by atoms with Gasteiger partial charge in [-0.15, -0.1) is 0 Å². The average Bonchev–Trinajstić information content (AvgIpc) is 2.49. The molecule has 8 heteroatoms. The SMILES string of the molecule is CCc1cc(=O)n(CC(=O)Nc2ccc([N+](=O)[O-])cc2)cn1. The highest BCUT2D eigenvalue weighted by Gasteiger charge is 2.08. The van der Waals surface area contributed by atoms with Crippen molar-refractivity contribution in [2.45, 2.75) is 19.9 Å². The maximum absolute atomic E-state index is 11.9. The largest absolute Gasteiger partial charge is 0.325 e. The minimum Gasteiger partial charge on any atom is -0.325 e. The molecule has 0 bridgehead atoms. The molecule has 0 aliphatic carbocycles. The van der Waals surface area contributed by atoms with Crippen molar-refractivity contribution in [2.75, 3.05) is 5.32 Å². The Bertz CT molecular complexity index is 752. The standard InChI is InChI=1S/C14H14N4O4/c1-2-10-7-14(20)17(9-15-10)8-13(19)16-11-3-5-12(6-4-11)18(21)22/h3-7,9H,2,8H2,1H3,(H,16,19). The van der Waals surface area contributed by atoms with E-state index >= 15 is 0 Å². The van der Waals surface area contributed by atoms with Crippen molar-refractivity contribution in [3.63, 3.8) is 0 Å². The Morgan fingerprint density at radius 1 is 1.36 bits per heavy atom. The third-order valence-corrected chi connectivity index (χ3v) is 2.97. The fourth-order valence-corrected chi connectivity index (χ4v) is 1.80. The number of nitro benzene ring substituents is 1.